The van der Waals surface area contributed by atoms with Gasteiger partial charge in [-0.1, -0.05) is 31.6 Å². The van der Waals surface area contributed by atoms with Gasteiger partial charge in [0, 0.05) is 23.9 Å². The topological polar surface area (TPSA) is 87.2 Å². The Hall–Kier alpha value is -1.80. The zero-order valence-electron chi connectivity index (χ0n) is 17.7. The molecule has 2 unspecified atom stereocenters. The van der Waals surface area contributed by atoms with E-state index in [1.165, 1.54) is 16.7 Å². The van der Waals surface area contributed by atoms with Crippen molar-refractivity contribution in [3.63, 3.8) is 0 Å². The van der Waals surface area contributed by atoms with E-state index >= 15 is 0 Å². The Labute approximate surface area is 181 Å². The predicted octanol–water partition coefficient (Wildman–Crippen LogP) is 1.37. The Morgan fingerprint density at radius 1 is 1.23 bits per heavy atom. The largest absolute Gasteiger partial charge is 0.461 e. The minimum Gasteiger partial charge on any atom is -0.461 e. The lowest BCUT2D eigenvalue weighted by Crippen LogP contribution is -2.55. The summed E-state index contributed by atoms with van der Waals surface area (Å²) in [6.07, 6.45) is 9.58. The van der Waals surface area contributed by atoms with Crippen LogP contribution in [0.1, 0.15) is 33.6 Å². The molecule has 4 aliphatic rings. The molecule has 0 radical (unpaired) electrons. The number of amides is 2. The third kappa shape index (κ3) is 2.94. The van der Waals surface area contributed by atoms with Crippen molar-refractivity contribution < 1.29 is 24.2 Å². The van der Waals surface area contributed by atoms with Crippen molar-refractivity contribution in [1.29, 1.82) is 0 Å². The maximum absolute atomic E-state index is 13.8. The molecule has 0 aromatic rings. The van der Waals surface area contributed by atoms with Gasteiger partial charge in [0.1, 0.15) is 12.6 Å². The smallest absolute Gasteiger partial charge is 0.311 e. The van der Waals surface area contributed by atoms with Gasteiger partial charge in [-0.25, -0.2) is 0 Å². The van der Waals surface area contributed by atoms with Gasteiger partial charge in [-0.3, -0.25) is 14.4 Å². The normalized spacial score (nSPS) is 38.7. The maximum Gasteiger partial charge on any atom is 0.311 e. The van der Waals surface area contributed by atoms with Gasteiger partial charge in [0.05, 0.1) is 23.2 Å². The summed E-state index contributed by atoms with van der Waals surface area (Å²) >= 11 is 1.53. The zero-order chi connectivity index (χ0) is 21.7. The van der Waals surface area contributed by atoms with Gasteiger partial charge in [0.25, 0.3) is 0 Å². The Morgan fingerprint density at radius 2 is 2.00 bits per heavy atom. The number of ether oxygens (including phenoxy) is 1. The van der Waals surface area contributed by atoms with Gasteiger partial charge in [-0.15, -0.1) is 11.8 Å². The Bertz CT molecular complexity index is 813. The van der Waals surface area contributed by atoms with Crippen molar-refractivity contribution in [3.8, 4) is 0 Å². The van der Waals surface area contributed by atoms with Gasteiger partial charge < -0.3 is 19.6 Å². The number of aliphatic hydroxyl groups excluding tert-OH is 1. The van der Waals surface area contributed by atoms with Crippen LogP contribution in [0.25, 0.3) is 0 Å². The van der Waals surface area contributed by atoms with E-state index < -0.39 is 33.3 Å². The Morgan fingerprint density at radius 3 is 2.70 bits per heavy atom. The average molecular weight is 435 g/mol. The lowest BCUT2D eigenvalue weighted by atomic mass is 9.75. The number of fused-ring (bicyclic) bond motifs is 2. The average Bonchev–Trinajstić information content (AvgIpc) is 2.93. The first-order valence-corrected chi connectivity index (χ1v) is 11.6. The van der Waals surface area contributed by atoms with Crippen LogP contribution in [0.4, 0.5) is 0 Å². The van der Waals surface area contributed by atoms with E-state index in [0.717, 1.165) is 12.8 Å². The molecule has 0 bridgehead atoms. The van der Waals surface area contributed by atoms with Gasteiger partial charge in [-0.05, 0) is 26.3 Å². The molecule has 2 saturated heterocycles. The summed E-state index contributed by atoms with van der Waals surface area (Å²) in [5.74, 6) is -2.10. The number of cyclic esters (lactones) is 1. The number of likely N-dealkylation sites (tertiary alicyclic amines) is 1. The molecule has 4 aliphatic heterocycles. The van der Waals surface area contributed by atoms with E-state index in [2.05, 4.69) is 6.92 Å². The van der Waals surface area contributed by atoms with E-state index in [-0.39, 0.29) is 37.6 Å². The maximum atomic E-state index is 13.8. The first kappa shape index (κ1) is 21.4. The Balaban J connectivity index is 1.84. The lowest BCUT2D eigenvalue weighted by Gasteiger charge is -2.38. The number of carbonyl (C=O) groups is 3. The monoisotopic (exact) mass is 434 g/mol. The van der Waals surface area contributed by atoms with E-state index in [1.807, 2.05) is 43.1 Å². The minimum atomic E-state index is -0.857. The summed E-state index contributed by atoms with van der Waals surface area (Å²) in [4.78, 5) is 43.7. The number of hydrogen-bond donors (Lipinski definition) is 1. The van der Waals surface area contributed by atoms with E-state index in [1.54, 1.807) is 0 Å². The van der Waals surface area contributed by atoms with E-state index in [0.29, 0.717) is 6.54 Å². The van der Waals surface area contributed by atoms with Crippen molar-refractivity contribution in [1.82, 2.24) is 9.80 Å². The third-order valence-corrected chi connectivity index (χ3v) is 8.72. The SMILES string of the molecule is CCCC(C)N1CC=C[C@]23S[C@]4(C)C=CCOC(=O)[C@@H]4[C@H]2C(=O)N(CCO)C3C1=O. The molecule has 0 aliphatic carbocycles. The second-order valence-electron chi connectivity index (χ2n) is 8.82. The number of nitrogens with zero attached hydrogens (tertiary/aromatic N) is 2. The lowest BCUT2D eigenvalue weighted by molar-refractivity contribution is -0.152. The number of carbonyl (C=O) groups excluding carboxylic acids is 3. The predicted molar refractivity (Wildman–Crippen MR) is 114 cm³/mol. The van der Waals surface area contributed by atoms with E-state index in [4.69, 9.17) is 4.74 Å². The fourth-order valence-corrected chi connectivity index (χ4v) is 7.84. The summed E-state index contributed by atoms with van der Waals surface area (Å²) in [5, 5.41) is 9.65. The molecular formula is C22H30N2O5S. The number of esters is 1. The summed E-state index contributed by atoms with van der Waals surface area (Å²) < 4.78 is 3.89. The molecule has 0 saturated carbocycles. The molecule has 0 aromatic carbocycles. The molecule has 30 heavy (non-hydrogen) atoms. The van der Waals surface area contributed by atoms with Crippen LogP contribution in [0, 0.1) is 11.8 Å². The molecule has 1 spiro atoms. The molecule has 4 rings (SSSR count). The van der Waals surface area contributed by atoms with Crippen LogP contribution in [-0.4, -0.2) is 80.6 Å². The highest BCUT2D eigenvalue weighted by Gasteiger charge is 2.74. The van der Waals surface area contributed by atoms with Crippen molar-refractivity contribution in [2.24, 2.45) is 11.8 Å². The van der Waals surface area contributed by atoms with Crippen LogP contribution in [0.2, 0.25) is 0 Å². The number of rotatable bonds is 5. The summed E-state index contributed by atoms with van der Waals surface area (Å²) in [5.41, 5.74) is 0. The molecular weight excluding hydrogens is 404 g/mol. The standard InChI is InChI=1S/C22H30N2O5S/c1-4-7-14(2)23-10-5-9-22-15(18(26)24(11-12-25)17(22)19(23)27)16-20(28)29-13-6-8-21(16,3)30-22/h5-6,8-9,14-17,25H,4,7,10-13H2,1-3H3/t14?,15-,16-,17?,21+,22-/m0/s1. The summed E-state index contributed by atoms with van der Waals surface area (Å²) in [6, 6.07) is -0.695. The van der Waals surface area contributed by atoms with E-state index in [9.17, 15) is 19.5 Å². The highest BCUT2D eigenvalue weighted by Crippen LogP contribution is 2.65. The second kappa shape index (κ2) is 7.71. The molecule has 2 fully saturated rings. The molecule has 6 atom stereocenters. The van der Waals surface area contributed by atoms with Crippen molar-refractivity contribution >= 4 is 29.5 Å². The van der Waals surface area contributed by atoms with Crippen LogP contribution >= 0.6 is 11.8 Å². The van der Waals surface area contributed by atoms with Crippen molar-refractivity contribution in [3.05, 3.63) is 24.3 Å². The van der Waals surface area contributed by atoms with Crippen LogP contribution in [0.3, 0.4) is 0 Å². The summed E-state index contributed by atoms with van der Waals surface area (Å²) in [7, 11) is 0. The number of β-amino-alcohol motifs (C(OH)–C–C–N with tert-alkyl or cyclic N) is 1. The van der Waals surface area contributed by atoms with Crippen LogP contribution < -0.4 is 0 Å². The van der Waals surface area contributed by atoms with Crippen LogP contribution in [0.5, 0.6) is 0 Å². The zero-order valence-corrected chi connectivity index (χ0v) is 18.6. The molecule has 0 aromatic heterocycles. The highest BCUT2D eigenvalue weighted by atomic mass is 32.2. The number of aliphatic hydroxyl groups is 1. The fraction of sp³-hybridized carbons (Fsp3) is 0.682. The quantitative estimate of drug-likeness (QED) is 0.519. The highest BCUT2D eigenvalue weighted by molar-refractivity contribution is 8.02. The van der Waals surface area contributed by atoms with Crippen molar-refractivity contribution in [2.75, 3.05) is 26.3 Å². The molecule has 8 heteroatoms. The Kier molecular flexibility index (Phi) is 5.51. The van der Waals surface area contributed by atoms with Crippen molar-refractivity contribution in [2.45, 2.75) is 55.2 Å². The van der Waals surface area contributed by atoms with Gasteiger partial charge in [0.2, 0.25) is 11.8 Å². The van der Waals surface area contributed by atoms with Crippen LogP contribution in [-0.2, 0) is 19.1 Å². The second-order valence-corrected chi connectivity index (χ2v) is 10.6. The molecule has 2 amide bonds. The van der Waals surface area contributed by atoms with Gasteiger partial charge in [0.15, 0.2) is 0 Å². The number of hydrogen-bond acceptors (Lipinski definition) is 6. The van der Waals surface area contributed by atoms with Gasteiger partial charge in [-0.2, -0.15) is 0 Å². The minimum absolute atomic E-state index is 0.0461. The first-order chi connectivity index (χ1) is 14.3. The molecule has 4 heterocycles. The molecule has 164 valence electrons. The first-order valence-electron chi connectivity index (χ1n) is 10.7. The molecule has 1 N–H and O–H groups in total. The number of thioether (sulfide) groups is 1. The fourth-order valence-electron chi connectivity index (χ4n) is 5.69. The van der Waals surface area contributed by atoms with Gasteiger partial charge >= 0.3 is 5.97 Å². The third-order valence-electron chi connectivity index (χ3n) is 6.92. The van der Waals surface area contributed by atoms with Crippen LogP contribution in [0.15, 0.2) is 24.3 Å². The molecule has 7 nitrogen and oxygen atoms in total. The summed E-state index contributed by atoms with van der Waals surface area (Å²) in [6.45, 7) is 6.60.